The Hall–Kier alpha value is -3.60. The molecule has 0 fully saturated rings. The predicted molar refractivity (Wildman–Crippen MR) is 144 cm³/mol. The number of hydrogen-bond donors (Lipinski definition) is 1. The Labute approximate surface area is 225 Å². The van der Waals surface area contributed by atoms with E-state index in [4.69, 9.17) is 0 Å². The minimum atomic E-state index is -0.410. The van der Waals surface area contributed by atoms with Crippen molar-refractivity contribution in [3.05, 3.63) is 82.0 Å². The lowest BCUT2D eigenvalue weighted by Gasteiger charge is -2.18. The smallest absolute Gasteiger partial charge is 0.277 e. The van der Waals surface area contributed by atoms with Crippen molar-refractivity contribution < 1.29 is 14.0 Å². The second-order valence-electron chi connectivity index (χ2n) is 8.97. The zero-order valence-corrected chi connectivity index (χ0v) is 22.5. The molecule has 38 heavy (non-hydrogen) atoms. The Morgan fingerprint density at radius 3 is 2.53 bits per heavy atom. The zero-order chi connectivity index (χ0) is 27.3. The summed E-state index contributed by atoms with van der Waals surface area (Å²) in [4.78, 5) is 51.8. The van der Waals surface area contributed by atoms with Crippen LogP contribution in [0.15, 0.2) is 59.1 Å². The fraction of sp³-hybridized carbons (Fsp3) is 0.407. The third-order valence-electron chi connectivity index (χ3n) is 5.84. The minimum absolute atomic E-state index is 0.108. The van der Waals surface area contributed by atoms with Gasteiger partial charge in [-0.1, -0.05) is 50.1 Å². The lowest BCUT2D eigenvalue weighted by molar-refractivity contribution is -0.132. The fourth-order valence-electron chi connectivity index (χ4n) is 3.66. The number of halogens is 1. The van der Waals surface area contributed by atoms with Crippen molar-refractivity contribution in [1.29, 1.82) is 0 Å². The van der Waals surface area contributed by atoms with Gasteiger partial charge in [-0.3, -0.25) is 14.4 Å². The molecule has 2 aromatic heterocycles. The van der Waals surface area contributed by atoms with Crippen LogP contribution in [0.1, 0.15) is 49.3 Å². The molecule has 0 aliphatic carbocycles. The average molecular weight is 541 g/mol. The lowest BCUT2D eigenvalue weighted by atomic mass is 10.1. The number of amides is 2. The summed E-state index contributed by atoms with van der Waals surface area (Å²) in [7, 11) is 1.73. The van der Waals surface area contributed by atoms with Gasteiger partial charge in [0, 0.05) is 49.9 Å². The molecule has 0 radical (unpaired) electrons. The maximum Gasteiger partial charge on any atom is 0.277 e. The van der Waals surface area contributed by atoms with Gasteiger partial charge in [0.15, 0.2) is 5.16 Å². The number of carbonyl (C=O) groups excluding carboxylic acids is 2. The molecular formula is C27H33FN6O3S. The van der Waals surface area contributed by atoms with Crippen molar-refractivity contribution in [2.24, 2.45) is 0 Å². The summed E-state index contributed by atoms with van der Waals surface area (Å²) in [6.45, 7) is 2.55. The predicted octanol–water partition coefficient (Wildman–Crippen LogP) is 3.21. The average Bonchev–Trinajstić information content (AvgIpc) is 2.92. The van der Waals surface area contributed by atoms with Crippen LogP contribution in [0.3, 0.4) is 0 Å². The molecule has 11 heteroatoms. The van der Waals surface area contributed by atoms with E-state index in [0.717, 1.165) is 36.8 Å². The summed E-state index contributed by atoms with van der Waals surface area (Å²) in [5.74, 6) is -0.438. The van der Waals surface area contributed by atoms with E-state index in [0.29, 0.717) is 23.0 Å². The van der Waals surface area contributed by atoms with Crippen LogP contribution >= 0.6 is 11.8 Å². The number of benzene rings is 1. The van der Waals surface area contributed by atoms with Crippen LogP contribution in [0, 0.1) is 5.82 Å². The fourth-order valence-corrected chi connectivity index (χ4v) is 4.58. The van der Waals surface area contributed by atoms with Crippen molar-refractivity contribution >= 4 is 23.6 Å². The Kier molecular flexibility index (Phi) is 11.4. The second kappa shape index (κ2) is 15.0. The standard InChI is InChI=1S/C27H33FN6O3S/c1-3-4-5-6-11-33(2)25(36)15-31-24(35)17-34-16-22(12-21-13-29-19-30-14-21)26(37)32-27(34)38-18-20-7-9-23(28)10-8-20/h7-10,13-14,16,19H,3-6,11-12,15,17-18H2,1-2H3,(H,31,35). The number of thioether (sulfide) groups is 1. The molecule has 9 nitrogen and oxygen atoms in total. The molecular weight excluding hydrogens is 507 g/mol. The normalized spacial score (nSPS) is 10.8. The van der Waals surface area contributed by atoms with Gasteiger partial charge >= 0.3 is 0 Å². The van der Waals surface area contributed by atoms with E-state index in [-0.39, 0.29) is 37.1 Å². The highest BCUT2D eigenvalue weighted by Gasteiger charge is 2.15. The molecule has 0 unspecified atom stereocenters. The van der Waals surface area contributed by atoms with Gasteiger partial charge in [0.1, 0.15) is 18.7 Å². The van der Waals surface area contributed by atoms with Gasteiger partial charge in [-0.05, 0) is 29.7 Å². The largest absolute Gasteiger partial charge is 0.345 e. The van der Waals surface area contributed by atoms with Crippen LogP contribution in [0.25, 0.3) is 0 Å². The van der Waals surface area contributed by atoms with Gasteiger partial charge in [-0.2, -0.15) is 4.98 Å². The molecule has 0 bridgehead atoms. The molecule has 1 aromatic carbocycles. The number of likely N-dealkylation sites (N-methyl/N-ethyl adjacent to an activating group) is 1. The summed E-state index contributed by atoms with van der Waals surface area (Å²) in [6, 6.07) is 6.05. The van der Waals surface area contributed by atoms with Crippen LogP contribution in [0.2, 0.25) is 0 Å². The van der Waals surface area contributed by atoms with Crippen molar-refractivity contribution in [3.8, 4) is 0 Å². The van der Waals surface area contributed by atoms with E-state index in [1.54, 1.807) is 47.2 Å². The quantitative estimate of drug-likeness (QED) is 0.190. The first-order chi connectivity index (χ1) is 18.4. The first-order valence-electron chi connectivity index (χ1n) is 12.6. The Balaban J connectivity index is 1.69. The number of carbonyl (C=O) groups is 2. The number of unbranched alkanes of at least 4 members (excludes halogenated alkanes) is 3. The summed E-state index contributed by atoms with van der Waals surface area (Å²) >= 11 is 1.27. The Bertz CT molecular complexity index is 1250. The van der Waals surface area contributed by atoms with Crippen LogP contribution in [-0.2, 0) is 28.3 Å². The first-order valence-corrected chi connectivity index (χ1v) is 13.6. The van der Waals surface area contributed by atoms with E-state index in [1.807, 2.05) is 0 Å². The number of hydrogen-bond acceptors (Lipinski definition) is 7. The van der Waals surface area contributed by atoms with Gasteiger partial charge in [-0.25, -0.2) is 14.4 Å². The SMILES string of the molecule is CCCCCCN(C)C(=O)CNC(=O)Cn1cc(Cc2cncnc2)c(=O)nc1SCc1ccc(F)cc1. The van der Waals surface area contributed by atoms with Crippen molar-refractivity contribution in [2.75, 3.05) is 20.1 Å². The molecule has 3 rings (SSSR count). The van der Waals surface area contributed by atoms with E-state index in [2.05, 4.69) is 27.2 Å². The Morgan fingerprint density at radius 2 is 1.82 bits per heavy atom. The summed E-state index contributed by atoms with van der Waals surface area (Å²) < 4.78 is 14.9. The van der Waals surface area contributed by atoms with Crippen LogP contribution in [0.4, 0.5) is 4.39 Å². The molecule has 0 saturated carbocycles. The van der Waals surface area contributed by atoms with Gasteiger partial charge in [0.05, 0.1) is 6.54 Å². The summed E-state index contributed by atoms with van der Waals surface area (Å²) in [6.07, 6.45) is 10.8. The highest BCUT2D eigenvalue weighted by molar-refractivity contribution is 7.98. The second-order valence-corrected chi connectivity index (χ2v) is 9.92. The van der Waals surface area contributed by atoms with Gasteiger partial charge in [0.25, 0.3) is 5.56 Å². The van der Waals surface area contributed by atoms with E-state index >= 15 is 0 Å². The first kappa shape index (κ1) is 29.0. The van der Waals surface area contributed by atoms with Crippen molar-refractivity contribution in [1.82, 2.24) is 29.7 Å². The molecule has 202 valence electrons. The molecule has 0 aliphatic heterocycles. The summed E-state index contributed by atoms with van der Waals surface area (Å²) in [5.41, 5.74) is 1.56. The molecule has 2 amide bonds. The van der Waals surface area contributed by atoms with Crippen molar-refractivity contribution in [2.45, 2.75) is 56.5 Å². The molecule has 0 spiro atoms. The molecule has 1 N–H and O–H groups in total. The Morgan fingerprint density at radius 1 is 1.08 bits per heavy atom. The number of aromatic nitrogens is 4. The summed E-state index contributed by atoms with van der Waals surface area (Å²) in [5, 5.41) is 3.03. The zero-order valence-electron chi connectivity index (χ0n) is 21.7. The lowest BCUT2D eigenvalue weighted by Crippen LogP contribution is -2.40. The van der Waals surface area contributed by atoms with Gasteiger partial charge in [0.2, 0.25) is 11.8 Å². The molecule has 0 saturated heterocycles. The van der Waals surface area contributed by atoms with Gasteiger partial charge in [-0.15, -0.1) is 0 Å². The third kappa shape index (κ3) is 9.37. The molecule has 2 heterocycles. The number of nitrogens with one attached hydrogen (secondary N) is 1. The monoisotopic (exact) mass is 540 g/mol. The molecule has 3 aromatic rings. The maximum atomic E-state index is 13.3. The van der Waals surface area contributed by atoms with Crippen LogP contribution in [-0.4, -0.2) is 56.4 Å². The minimum Gasteiger partial charge on any atom is -0.345 e. The van der Waals surface area contributed by atoms with Crippen molar-refractivity contribution in [3.63, 3.8) is 0 Å². The van der Waals surface area contributed by atoms with Gasteiger partial charge < -0.3 is 14.8 Å². The topological polar surface area (TPSA) is 110 Å². The van der Waals surface area contributed by atoms with Crippen LogP contribution in [0.5, 0.6) is 0 Å². The van der Waals surface area contributed by atoms with Crippen LogP contribution < -0.4 is 10.9 Å². The third-order valence-corrected chi connectivity index (χ3v) is 6.90. The van der Waals surface area contributed by atoms with E-state index in [9.17, 15) is 18.8 Å². The highest BCUT2D eigenvalue weighted by Crippen LogP contribution is 2.21. The molecule has 0 atom stereocenters. The maximum absolute atomic E-state index is 13.3. The highest BCUT2D eigenvalue weighted by atomic mass is 32.2. The van der Waals surface area contributed by atoms with E-state index in [1.165, 1.54) is 30.2 Å². The number of nitrogens with zero attached hydrogens (tertiary/aromatic N) is 5. The number of rotatable bonds is 14. The molecule has 0 aliphatic rings. The van der Waals surface area contributed by atoms with E-state index < -0.39 is 5.56 Å².